The fourth-order valence-electron chi connectivity index (χ4n) is 3.96. The Hall–Kier alpha value is -3.51. The fraction of sp³-hybridized carbons (Fsp3) is 0.345. The zero-order chi connectivity index (χ0) is 25.0. The molecule has 0 spiro atoms. The van der Waals surface area contributed by atoms with Crippen molar-refractivity contribution >= 4 is 5.97 Å². The molecule has 0 aromatic heterocycles. The smallest absolute Gasteiger partial charge is 0.344 e. The first-order valence-electron chi connectivity index (χ1n) is 12.1. The molecule has 3 aromatic rings. The number of carbonyl (C=O) groups is 1. The number of phenolic OH excluding ortho intramolecular Hbond substituents is 2. The highest BCUT2D eigenvalue weighted by atomic mass is 16.6. The first-order chi connectivity index (χ1) is 16.9. The molecule has 0 amide bonds. The van der Waals surface area contributed by atoms with Gasteiger partial charge in [-0.15, -0.1) is 0 Å². The van der Waals surface area contributed by atoms with E-state index in [2.05, 4.69) is 11.8 Å². The second kappa shape index (κ2) is 13.4. The van der Waals surface area contributed by atoms with Crippen molar-refractivity contribution in [3.8, 4) is 17.2 Å². The number of benzene rings is 3. The molecule has 0 radical (unpaired) electrons. The molecule has 0 fully saturated rings. The molecule has 0 saturated heterocycles. The van der Waals surface area contributed by atoms with Crippen LogP contribution in [0.5, 0.6) is 17.2 Å². The number of aromatic hydroxyl groups is 2. The van der Waals surface area contributed by atoms with Gasteiger partial charge in [-0.1, -0.05) is 36.4 Å². The van der Waals surface area contributed by atoms with Crippen LogP contribution in [0.4, 0.5) is 0 Å². The minimum atomic E-state index is -0.372. The highest BCUT2D eigenvalue weighted by Crippen LogP contribution is 2.18. The van der Waals surface area contributed by atoms with Crippen LogP contribution in [0, 0.1) is 0 Å². The van der Waals surface area contributed by atoms with Gasteiger partial charge in [-0.2, -0.15) is 0 Å². The van der Waals surface area contributed by atoms with Gasteiger partial charge in [-0.05, 0) is 86.2 Å². The highest BCUT2D eigenvalue weighted by Gasteiger charge is 2.15. The summed E-state index contributed by atoms with van der Waals surface area (Å²) in [6.45, 7) is 6.04. The van der Waals surface area contributed by atoms with Crippen molar-refractivity contribution < 1.29 is 24.5 Å². The number of esters is 1. The summed E-state index contributed by atoms with van der Waals surface area (Å²) in [5, 5.41) is 19.1. The molecule has 0 aliphatic heterocycles. The van der Waals surface area contributed by atoms with Crippen molar-refractivity contribution in [2.45, 2.75) is 39.2 Å². The van der Waals surface area contributed by atoms with Gasteiger partial charge in [-0.25, -0.2) is 4.79 Å². The number of hydrogen-bond donors (Lipinski definition) is 2. The summed E-state index contributed by atoms with van der Waals surface area (Å²) in [6, 6.07) is 22.9. The number of rotatable bonds is 13. The number of ether oxygens (including phenoxy) is 2. The van der Waals surface area contributed by atoms with Crippen LogP contribution in [-0.2, 0) is 28.8 Å². The first-order valence-corrected chi connectivity index (χ1v) is 12.1. The van der Waals surface area contributed by atoms with Crippen LogP contribution in [0.1, 0.15) is 30.5 Å². The van der Waals surface area contributed by atoms with Crippen molar-refractivity contribution in [2.75, 3.05) is 26.3 Å². The van der Waals surface area contributed by atoms with Crippen molar-refractivity contribution in [3.05, 3.63) is 89.5 Å². The fourth-order valence-corrected chi connectivity index (χ4v) is 3.96. The molecular weight excluding hydrogens is 442 g/mol. The Morgan fingerprint density at radius 3 is 1.77 bits per heavy atom. The Labute approximate surface area is 207 Å². The van der Waals surface area contributed by atoms with Crippen LogP contribution in [0.25, 0.3) is 0 Å². The lowest BCUT2D eigenvalue weighted by atomic mass is 10.0. The summed E-state index contributed by atoms with van der Waals surface area (Å²) in [4.78, 5) is 14.0. The average Bonchev–Trinajstić information content (AvgIpc) is 2.86. The van der Waals surface area contributed by atoms with E-state index in [1.165, 1.54) is 16.7 Å². The summed E-state index contributed by atoms with van der Waals surface area (Å²) in [7, 11) is 0. The quantitative estimate of drug-likeness (QED) is 0.346. The number of hydrogen-bond acceptors (Lipinski definition) is 6. The lowest BCUT2D eigenvalue weighted by Gasteiger charge is -2.29. The van der Waals surface area contributed by atoms with Gasteiger partial charge in [0.05, 0.1) is 6.61 Å². The van der Waals surface area contributed by atoms with Crippen molar-refractivity contribution in [3.63, 3.8) is 0 Å². The van der Waals surface area contributed by atoms with E-state index >= 15 is 0 Å². The normalized spacial score (nSPS) is 11.9. The second-order valence-electron chi connectivity index (χ2n) is 8.66. The number of phenols is 2. The van der Waals surface area contributed by atoms with Gasteiger partial charge in [0.15, 0.2) is 6.61 Å². The SMILES string of the molecule is CCOC(=O)COc1ccc(CC(C)N(CCc2ccc(O)cc2)CCc2ccc(O)cc2)cc1. The largest absolute Gasteiger partial charge is 0.508 e. The van der Waals surface area contributed by atoms with Crippen LogP contribution >= 0.6 is 0 Å². The molecule has 186 valence electrons. The standard InChI is InChI=1S/C29H35NO5/c1-3-34-29(33)21-35-28-14-8-25(9-15-28)20-22(2)30(18-16-23-4-10-26(31)11-5-23)19-17-24-6-12-27(32)13-7-24/h4-15,22,31-32H,3,16-21H2,1-2H3. The van der Waals surface area contributed by atoms with E-state index in [0.717, 1.165) is 32.4 Å². The van der Waals surface area contributed by atoms with Crippen LogP contribution in [0.2, 0.25) is 0 Å². The molecule has 1 unspecified atom stereocenters. The maximum absolute atomic E-state index is 11.5. The minimum absolute atomic E-state index is 0.0914. The van der Waals surface area contributed by atoms with Gasteiger partial charge in [0.2, 0.25) is 0 Å². The Morgan fingerprint density at radius 2 is 1.29 bits per heavy atom. The third-order valence-corrected chi connectivity index (χ3v) is 5.99. The molecule has 0 heterocycles. The minimum Gasteiger partial charge on any atom is -0.508 e. The summed E-state index contributed by atoms with van der Waals surface area (Å²) in [6.07, 6.45) is 2.66. The van der Waals surface area contributed by atoms with Crippen LogP contribution < -0.4 is 4.74 Å². The predicted molar refractivity (Wildman–Crippen MR) is 137 cm³/mol. The monoisotopic (exact) mass is 477 g/mol. The van der Waals surface area contributed by atoms with Gasteiger partial charge >= 0.3 is 5.97 Å². The van der Waals surface area contributed by atoms with Crippen LogP contribution in [0.15, 0.2) is 72.8 Å². The Balaban J connectivity index is 1.60. The van der Waals surface area contributed by atoms with E-state index < -0.39 is 0 Å². The van der Waals surface area contributed by atoms with Gasteiger partial charge < -0.3 is 19.7 Å². The summed E-state index contributed by atoms with van der Waals surface area (Å²) >= 11 is 0. The second-order valence-corrected chi connectivity index (χ2v) is 8.66. The molecular formula is C29H35NO5. The molecule has 3 aromatic carbocycles. The van der Waals surface area contributed by atoms with Gasteiger partial charge in [0.1, 0.15) is 17.2 Å². The topological polar surface area (TPSA) is 79.2 Å². The van der Waals surface area contributed by atoms with E-state index in [-0.39, 0.29) is 24.1 Å². The number of nitrogens with zero attached hydrogens (tertiary/aromatic N) is 1. The highest BCUT2D eigenvalue weighted by molar-refractivity contribution is 5.71. The number of carbonyl (C=O) groups excluding carboxylic acids is 1. The predicted octanol–water partition coefficient (Wildman–Crippen LogP) is 4.76. The van der Waals surface area contributed by atoms with Gasteiger partial charge in [-0.3, -0.25) is 4.90 Å². The van der Waals surface area contributed by atoms with E-state index in [9.17, 15) is 15.0 Å². The molecule has 0 aliphatic carbocycles. The Morgan fingerprint density at radius 1 is 0.800 bits per heavy atom. The van der Waals surface area contributed by atoms with E-state index in [0.29, 0.717) is 18.4 Å². The molecule has 6 heteroatoms. The zero-order valence-corrected chi connectivity index (χ0v) is 20.5. The molecule has 0 saturated carbocycles. The lowest BCUT2D eigenvalue weighted by Crippen LogP contribution is -2.38. The molecule has 0 bridgehead atoms. The van der Waals surface area contributed by atoms with Gasteiger partial charge in [0.25, 0.3) is 0 Å². The Kier molecular flexibility index (Phi) is 9.99. The molecule has 6 nitrogen and oxygen atoms in total. The third-order valence-electron chi connectivity index (χ3n) is 5.99. The van der Waals surface area contributed by atoms with Crippen molar-refractivity contribution in [1.29, 1.82) is 0 Å². The van der Waals surface area contributed by atoms with Crippen LogP contribution in [-0.4, -0.2) is 53.4 Å². The summed E-state index contributed by atoms with van der Waals surface area (Å²) in [5.74, 6) is 0.830. The molecule has 1 atom stereocenters. The maximum Gasteiger partial charge on any atom is 0.344 e. The molecule has 0 aliphatic rings. The lowest BCUT2D eigenvalue weighted by molar-refractivity contribution is -0.145. The van der Waals surface area contributed by atoms with E-state index in [1.807, 2.05) is 48.5 Å². The van der Waals surface area contributed by atoms with Crippen molar-refractivity contribution in [1.82, 2.24) is 4.90 Å². The molecule has 3 rings (SSSR count). The Bertz CT molecular complexity index is 983. The van der Waals surface area contributed by atoms with Crippen molar-refractivity contribution in [2.24, 2.45) is 0 Å². The van der Waals surface area contributed by atoms with Crippen LogP contribution in [0.3, 0.4) is 0 Å². The first kappa shape index (κ1) is 26.1. The maximum atomic E-state index is 11.5. The zero-order valence-electron chi connectivity index (χ0n) is 20.5. The third kappa shape index (κ3) is 8.98. The van der Waals surface area contributed by atoms with E-state index in [1.54, 1.807) is 31.2 Å². The summed E-state index contributed by atoms with van der Waals surface area (Å²) < 4.78 is 10.4. The van der Waals surface area contributed by atoms with Gasteiger partial charge in [0, 0.05) is 19.1 Å². The average molecular weight is 478 g/mol. The molecule has 35 heavy (non-hydrogen) atoms. The summed E-state index contributed by atoms with van der Waals surface area (Å²) in [5.41, 5.74) is 3.57. The van der Waals surface area contributed by atoms with E-state index in [4.69, 9.17) is 9.47 Å². The molecule has 2 N–H and O–H groups in total.